The second kappa shape index (κ2) is 6.33. The highest BCUT2D eigenvalue weighted by atomic mass is 35.5. The fraction of sp³-hybridized carbons (Fsp3) is 0.200. The van der Waals surface area contributed by atoms with Crippen LogP contribution in [0.4, 0.5) is 11.4 Å². The first-order valence-electron chi connectivity index (χ1n) is 6.29. The number of nitrogens with zero attached hydrogens (tertiary/aromatic N) is 2. The van der Waals surface area contributed by atoms with Crippen LogP contribution < -0.4 is 10.2 Å². The number of carbonyl (C=O) groups is 1. The summed E-state index contributed by atoms with van der Waals surface area (Å²) in [6, 6.07) is 6.96. The maximum absolute atomic E-state index is 12.3. The van der Waals surface area contributed by atoms with Gasteiger partial charge in [0.1, 0.15) is 0 Å². The lowest BCUT2D eigenvalue weighted by Crippen LogP contribution is -2.17. The topological polar surface area (TPSA) is 45.2 Å². The molecule has 1 aromatic carbocycles. The average Bonchev–Trinajstić information content (AvgIpc) is 2.37. The van der Waals surface area contributed by atoms with Crippen LogP contribution in [0, 0.1) is 6.92 Å². The van der Waals surface area contributed by atoms with Gasteiger partial charge in [0, 0.05) is 31.0 Å². The van der Waals surface area contributed by atoms with Gasteiger partial charge in [-0.25, -0.2) is 0 Å². The summed E-state index contributed by atoms with van der Waals surface area (Å²) in [5.41, 5.74) is 2.55. The first-order valence-corrected chi connectivity index (χ1v) is 7.04. The lowest BCUT2D eigenvalue weighted by molar-refractivity contribution is 0.102. The zero-order chi connectivity index (χ0) is 15.6. The number of amides is 1. The van der Waals surface area contributed by atoms with Crippen LogP contribution in [-0.4, -0.2) is 25.0 Å². The molecule has 6 heteroatoms. The molecule has 110 valence electrons. The zero-order valence-corrected chi connectivity index (χ0v) is 13.5. The maximum Gasteiger partial charge on any atom is 0.258 e. The first kappa shape index (κ1) is 15.6. The minimum atomic E-state index is -0.321. The molecule has 1 amide bonds. The maximum atomic E-state index is 12.3. The summed E-state index contributed by atoms with van der Waals surface area (Å²) >= 11 is 12.1. The molecule has 0 saturated heterocycles. The monoisotopic (exact) mass is 323 g/mol. The number of benzene rings is 1. The van der Waals surface area contributed by atoms with E-state index in [2.05, 4.69) is 10.3 Å². The van der Waals surface area contributed by atoms with Crippen molar-refractivity contribution in [3.05, 3.63) is 51.8 Å². The van der Waals surface area contributed by atoms with Gasteiger partial charge in [-0.05, 0) is 31.2 Å². The summed E-state index contributed by atoms with van der Waals surface area (Å²) in [6.45, 7) is 1.81. The number of halogens is 2. The smallest absolute Gasteiger partial charge is 0.258 e. The van der Waals surface area contributed by atoms with Gasteiger partial charge in [0.25, 0.3) is 5.91 Å². The van der Waals surface area contributed by atoms with Crippen molar-refractivity contribution in [2.45, 2.75) is 6.92 Å². The Morgan fingerprint density at radius 2 is 1.95 bits per heavy atom. The van der Waals surface area contributed by atoms with E-state index in [0.717, 1.165) is 11.4 Å². The van der Waals surface area contributed by atoms with Crippen molar-refractivity contribution in [3.8, 4) is 0 Å². The molecule has 0 aliphatic heterocycles. The van der Waals surface area contributed by atoms with Crippen molar-refractivity contribution in [2.75, 3.05) is 24.3 Å². The van der Waals surface area contributed by atoms with Crippen LogP contribution in [0.15, 0.2) is 30.5 Å². The molecule has 0 bridgehead atoms. The standard InChI is InChI=1S/C15H15Cl2N3O/c1-9-6-12(17)11(8-18-9)15(21)19-13-7-10(16)4-5-14(13)20(2)3/h4-8H,1-3H3,(H,19,21). The fourth-order valence-corrected chi connectivity index (χ4v) is 2.35. The molecule has 0 unspecified atom stereocenters. The van der Waals surface area contributed by atoms with Gasteiger partial charge in [-0.15, -0.1) is 0 Å². The summed E-state index contributed by atoms with van der Waals surface area (Å²) < 4.78 is 0. The van der Waals surface area contributed by atoms with Crippen LogP contribution in [0.25, 0.3) is 0 Å². The minimum Gasteiger partial charge on any atom is -0.376 e. The third-order valence-corrected chi connectivity index (χ3v) is 3.47. The number of aromatic nitrogens is 1. The quantitative estimate of drug-likeness (QED) is 0.928. The van der Waals surface area contributed by atoms with Gasteiger partial charge in [0.2, 0.25) is 0 Å². The van der Waals surface area contributed by atoms with Crippen LogP contribution >= 0.6 is 23.2 Å². The highest BCUT2D eigenvalue weighted by Gasteiger charge is 2.14. The summed E-state index contributed by atoms with van der Waals surface area (Å²) in [5.74, 6) is -0.321. The third-order valence-electron chi connectivity index (χ3n) is 2.92. The van der Waals surface area contributed by atoms with Crippen molar-refractivity contribution in [2.24, 2.45) is 0 Å². The Bertz CT molecular complexity index is 687. The van der Waals surface area contributed by atoms with Gasteiger partial charge < -0.3 is 10.2 Å². The van der Waals surface area contributed by atoms with Crippen LogP contribution in [0.3, 0.4) is 0 Å². The predicted octanol–water partition coefficient (Wildman–Crippen LogP) is 4.02. The zero-order valence-electron chi connectivity index (χ0n) is 11.9. The van der Waals surface area contributed by atoms with Gasteiger partial charge in [0.15, 0.2) is 0 Å². The second-order valence-electron chi connectivity index (χ2n) is 4.82. The molecule has 1 N–H and O–H groups in total. The Kier molecular flexibility index (Phi) is 4.70. The largest absolute Gasteiger partial charge is 0.376 e. The number of aryl methyl sites for hydroxylation is 1. The highest BCUT2D eigenvalue weighted by Crippen LogP contribution is 2.28. The molecule has 0 spiro atoms. The molecule has 2 rings (SSSR count). The molecule has 0 atom stereocenters. The Labute approximate surface area is 133 Å². The highest BCUT2D eigenvalue weighted by molar-refractivity contribution is 6.34. The summed E-state index contributed by atoms with van der Waals surface area (Å²) in [5, 5.41) is 3.73. The number of carbonyl (C=O) groups excluding carboxylic acids is 1. The van der Waals surface area contributed by atoms with Crippen LogP contribution in [0.2, 0.25) is 10.0 Å². The number of anilines is 2. The number of hydrogen-bond donors (Lipinski definition) is 1. The van der Waals surface area contributed by atoms with Gasteiger partial charge in [-0.2, -0.15) is 0 Å². The van der Waals surface area contributed by atoms with Crippen molar-refractivity contribution >= 4 is 40.5 Å². The van der Waals surface area contributed by atoms with E-state index in [9.17, 15) is 4.79 Å². The molecule has 2 aromatic rings. The molecule has 0 fully saturated rings. The van der Waals surface area contributed by atoms with E-state index in [1.807, 2.05) is 32.0 Å². The number of rotatable bonds is 3. The second-order valence-corrected chi connectivity index (χ2v) is 5.66. The van der Waals surface area contributed by atoms with Crippen molar-refractivity contribution in [3.63, 3.8) is 0 Å². The van der Waals surface area contributed by atoms with Gasteiger partial charge >= 0.3 is 0 Å². The fourth-order valence-electron chi connectivity index (χ4n) is 1.88. The van der Waals surface area contributed by atoms with Gasteiger partial charge in [-0.1, -0.05) is 23.2 Å². The molecule has 0 radical (unpaired) electrons. The lowest BCUT2D eigenvalue weighted by Gasteiger charge is -2.18. The molecule has 0 aliphatic rings. The lowest BCUT2D eigenvalue weighted by atomic mass is 10.2. The molecular weight excluding hydrogens is 309 g/mol. The van der Waals surface area contributed by atoms with Crippen LogP contribution in [-0.2, 0) is 0 Å². The van der Waals surface area contributed by atoms with E-state index in [-0.39, 0.29) is 5.91 Å². The SMILES string of the molecule is Cc1cc(Cl)c(C(=O)Nc2cc(Cl)ccc2N(C)C)cn1. The van der Waals surface area contributed by atoms with E-state index in [4.69, 9.17) is 23.2 Å². The van der Waals surface area contributed by atoms with E-state index in [1.54, 1.807) is 18.2 Å². The van der Waals surface area contributed by atoms with Gasteiger partial charge in [0.05, 0.1) is 22.0 Å². The first-order chi connectivity index (χ1) is 9.88. The molecule has 0 saturated carbocycles. The Morgan fingerprint density at radius 3 is 2.57 bits per heavy atom. The molecule has 4 nitrogen and oxygen atoms in total. The molecular formula is C15H15Cl2N3O. The Balaban J connectivity index is 2.33. The minimum absolute atomic E-state index is 0.321. The average molecular weight is 324 g/mol. The molecule has 21 heavy (non-hydrogen) atoms. The van der Waals surface area contributed by atoms with Crippen LogP contribution in [0.5, 0.6) is 0 Å². The van der Waals surface area contributed by atoms with Gasteiger partial charge in [-0.3, -0.25) is 9.78 Å². The number of nitrogens with one attached hydrogen (secondary N) is 1. The molecule has 1 aromatic heterocycles. The summed E-state index contributed by atoms with van der Waals surface area (Å²) in [6.07, 6.45) is 1.47. The van der Waals surface area contributed by atoms with Crippen LogP contribution in [0.1, 0.15) is 16.1 Å². The normalized spacial score (nSPS) is 10.3. The number of hydrogen-bond acceptors (Lipinski definition) is 3. The molecule has 1 heterocycles. The van der Waals surface area contributed by atoms with E-state index in [1.165, 1.54) is 6.20 Å². The van der Waals surface area contributed by atoms with Crippen molar-refractivity contribution in [1.29, 1.82) is 0 Å². The van der Waals surface area contributed by atoms with Crippen molar-refractivity contribution in [1.82, 2.24) is 4.98 Å². The van der Waals surface area contributed by atoms with E-state index >= 15 is 0 Å². The summed E-state index contributed by atoms with van der Waals surface area (Å²) in [4.78, 5) is 18.3. The Hall–Kier alpha value is -1.78. The third kappa shape index (κ3) is 3.65. The number of pyridine rings is 1. The predicted molar refractivity (Wildman–Crippen MR) is 87.7 cm³/mol. The van der Waals surface area contributed by atoms with Crippen molar-refractivity contribution < 1.29 is 4.79 Å². The van der Waals surface area contributed by atoms with E-state index in [0.29, 0.717) is 21.3 Å². The summed E-state index contributed by atoms with van der Waals surface area (Å²) in [7, 11) is 3.78. The Morgan fingerprint density at radius 1 is 1.24 bits per heavy atom. The molecule has 0 aliphatic carbocycles. The van der Waals surface area contributed by atoms with E-state index < -0.39 is 0 Å².